The van der Waals surface area contributed by atoms with Crippen LogP contribution in [-0.2, 0) is 0 Å². The Labute approximate surface area is 120 Å². The summed E-state index contributed by atoms with van der Waals surface area (Å²) in [5, 5.41) is 2.73. The van der Waals surface area contributed by atoms with Crippen LogP contribution in [0.3, 0.4) is 0 Å². The van der Waals surface area contributed by atoms with E-state index in [0.29, 0.717) is 6.54 Å². The van der Waals surface area contributed by atoms with Gasteiger partial charge in [-0.15, -0.1) is 0 Å². The molecule has 0 aromatic rings. The second-order valence-corrected chi connectivity index (χ2v) is 6.14. The lowest BCUT2D eigenvalue weighted by Crippen LogP contribution is -2.54. The van der Waals surface area contributed by atoms with Crippen LogP contribution < -0.4 is 11.1 Å². The van der Waals surface area contributed by atoms with E-state index in [1.165, 1.54) is 32.1 Å². The number of nitrogens with two attached hydrogens (primary N) is 1. The van der Waals surface area contributed by atoms with Crippen LogP contribution in [0.25, 0.3) is 0 Å². The van der Waals surface area contributed by atoms with Crippen LogP contribution in [0.1, 0.15) is 70.6 Å². The minimum atomic E-state index is -4.16. The van der Waals surface area contributed by atoms with Gasteiger partial charge in [0.15, 0.2) is 0 Å². The Morgan fingerprint density at radius 2 is 1.20 bits per heavy atom. The molecule has 1 saturated carbocycles. The molecule has 0 spiro atoms. The Kier molecular flexibility index (Phi) is 7.88. The van der Waals surface area contributed by atoms with Crippen LogP contribution >= 0.6 is 0 Å². The summed E-state index contributed by atoms with van der Waals surface area (Å²) in [6.45, 7) is -0.632. The zero-order valence-electron chi connectivity index (χ0n) is 12.4. The Bertz CT molecular complexity index is 242. The Morgan fingerprint density at radius 3 is 1.55 bits per heavy atom. The summed E-state index contributed by atoms with van der Waals surface area (Å²) in [5.41, 5.74) is 5.30. The van der Waals surface area contributed by atoms with Gasteiger partial charge in [0.2, 0.25) is 0 Å². The van der Waals surface area contributed by atoms with E-state index in [9.17, 15) is 13.2 Å². The van der Waals surface area contributed by atoms with Gasteiger partial charge in [0.1, 0.15) is 0 Å². The number of halogens is 3. The number of rotatable bonds is 3. The van der Waals surface area contributed by atoms with E-state index in [1.807, 2.05) is 0 Å². The quantitative estimate of drug-likeness (QED) is 0.821. The molecule has 0 saturated heterocycles. The average Bonchev–Trinajstić information content (AvgIpc) is 2.38. The average molecular weight is 294 g/mol. The third kappa shape index (κ3) is 7.48. The summed E-state index contributed by atoms with van der Waals surface area (Å²) in [5.74, 6) is 0. The number of hydrogen-bond acceptors (Lipinski definition) is 2. The molecule has 0 aromatic heterocycles. The molecule has 0 aliphatic heterocycles. The number of hydrogen-bond donors (Lipinski definition) is 2. The molecule has 0 amide bonds. The molecule has 120 valence electrons. The molecular formula is C15H29F3N2. The molecule has 1 rings (SSSR count). The van der Waals surface area contributed by atoms with Crippen LogP contribution in [0, 0.1) is 0 Å². The van der Waals surface area contributed by atoms with Crippen molar-refractivity contribution >= 4 is 0 Å². The smallest absolute Gasteiger partial charge is 0.329 e. The SMILES string of the molecule is NCC1(NCC(F)(F)F)CCCCCCCCCCC1. The molecule has 5 heteroatoms. The monoisotopic (exact) mass is 294 g/mol. The molecule has 0 bridgehead atoms. The van der Waals surface area contributed by atoms with E-state index in [4.69, 9.17) is 5.73 Å². The van der Waals surface area contributed by atoms with Crippen molar-refractivity contribution in [1.82, 2.24) is 5.32 Å². The maximum atomic E-state index is 12.5. The van der Waals surface area contributed by atoms with Gasteiger partial charge in [-0.1, -0.05) is 57.8 Å². The third-order valence-corrected chi connectivity index (χ3v) is 4.37. The normalized spacial score (nSPS) is 22.8. The van der Waals surface area contributed by atoms with E-state index in [1.54, 1.807) is 0 Å². The predicted molar refractivity (Wildman–Crippen MR) is 76.6 cm³/mol. The second-order valence-electron chi connectivity index (χ2n) is 6.14. The molecule has 1 aliphatic rings. The lowest BCUT2D eigenvalue weighted by atomic mass is 9.85. The summed E-state index contributed by atoms with van der Waals surface area (Å²) in [7, 11) is 0. The third-order valence-electron chi connectivity index (χ3n) is 4.37. The van der Waals surface area contributed by atoms with Crippen LogP contribution in [0.2, 0.25) is 0 Å². The zero-order chi connectivity index (χ0) is 14.9. The van der Waals surface area contributed by atoms with Crippen molar-refractivity contribution in [2.24, 2.45) is 5.73 Å². The molecule has 0 heterocycles. The molecule has 0 aromatic carbocycles. The highest BCUT2D eigenvalue weighted by molar-refractivity contribution is 4.90. The molecule has 0 unspecified atom stereocenters. The van der Waals surface area contributed by atoms with Crippen molar-refractivity contribution in [3.63, 3.8) is 0 Å². The lowest BCUT2D eigenvalue weighted by molar-refractivity contribution is -0.129. The Balaban J connectivity index is 2.55. The maximum Gasteiger partial charge on any atom is 0.401 e. The molecule has 3 N–H and O–H groups in total. The fourth-order valence-corrected chi connectivity index (χ4v) is 3.03. The first-order valence-electron chi connectivity index (χ1n) is 7.99. The topological polar surface area (TPSA) is 38.0 Å². The molecule has 2 nitrogen and oxygen atoms in total. The lowest BCUT2D eigenvalue weighted by Gasteiger charge is -2.35. The van der Waals surface area contributed by atoms with Crippen LogP contribution in [0.5, 0.6) is 0 Å². The molecule has 0 atom stereocenters. The van der Waals surface area contributed by atoms with Crippen molar-refractivity contribution in [3.05, 3.63) is 0 Å². The van der Waals surface area contributed by atoms with Crippen molar-refractivity contribution in [3.8, 4) is 0 Å². The molecular weight excluding hydrogens is 265 g/mol. The fourth-order valence-electron chi connectivity index (χ4n) is 3.03. The second kappa shape index (κ2) is 8.88. The highest BCUT2D eigenvalue weighted by atomic mass is 19.4. The largest absolute Gasteiger partial charge is 0.401 e. The van der Waals surface area contributed by atoms with E-state index in [0.717, 1.165) is 38.5 Å². The van der Waals surface area contributed by atoms with Crippen LogP contribution in [-0.4, -0.2) is 24.8 Å². The summed E-state index contributed by atoms with van der Waals surface area (Å²) >= 11 is 0. The summed E-state index contributed by atoms with van der Waals surface area (Å²) in [6, 6.07) is 0. The molecule has 0 radical (unpaired) electrons. The van der Waals surface area contributed by atoms with Gasteiger partial charge >= 0.3 is 6.18 Å². The minimum absolute atomic E-state index is 0.295. The highest BCUT2D eigenvalue weighted by Crippen LogP contribution is 2.25. The first-order valence-corrected chi connectivity index (χ1v) is 7.99. The fraction of sp³-hybridized carbons (Fsp3) is 1.00. The van der Waals surface area contributed by atoms with E-state index >= 15 is 0 Å². The van der Waals surface area contributed by atoms with Gasteiger partial charge in [-0.25, -0.2) is 0 Å². The van der Waals surface area contributed by atoms with Gasteiger partial charge in [0, 0.05) is 12.1 Å². The van der Waals surface area contributed by atoms with Gasteiger partial charge in [-0.2, -0.15) is 13.2 Å². The first-order chi connectivity index (χ1) is 9.47. The summed E-state index contributed by atoms with van der Waals surface area (Å²) < 4.78 is 37.4. The molecule has 20 heavy (non-hydrogen) atoms. The zero-order valence-corrected chi connectivity index (χ0v) is 12.4. The van der Waals surface area contributed by atoms with Gasteiger partial charge < -0.3 is 11.1 Å². The molecule has 1 aliphatic carbocycles. The van der Waals surface area contributed by atoms with Gasteiger partial charge in [-0.3, -0.25) is 0 Å². The van der Waals surface area contributed by atoms with E-state index in [2.05, 4.69) is 5.32 Å². The van der Waals surface area contributed by atoms with Gasteiger partial charge in [0.25, 0.3) is 0 Å². The van der Waals surface area contributed by atoms with E-state index in [-0.39, 0.29) is 0 Å². The summed E-state index contributed by atoms with van der Waals surface area (Å²) in [6.07, 6.45) is 7.73. The predicted octanol–water partition coefficient (Wildman–Crippen LogP) is 4.14. The Morgan fingerprint density at radius 1 is 0.800 bits per heavy atom. The standard InChI is InChI=1S/C15H29F3N2/c16-15(17,18)13-20-14(12-19)10-8-6-4-2-1-3-5-7-9-11-14/h20H,1-13,19H2. The van der Waals surface area contributed by atoms with Crippen molar-refractivity contribution in [1.29, 1.82) is 0 Å². The Hall–Kier alpha value is -0.290. The van der Waals surface area contributed by atoms with Crippen LogP contribution in [0.4, 0.5) is 13.2 Å². The first kappa shape index (κ1) is 17.8. The van der Waals surface area contributed by atoms with Gasteiger partial charge in [-0.05, 0) is 12.8 Å². The molecule has 1 fully saturated rings. The maximum absolute atomic E-state index is 12.5. The minimum Gasteiger partial charge on any atom is -0.329 e. The van der Waals surface area contributed by atoms with Gasteiger partial charge in [0.05, 0.1) is 6.54 Å². The number of alkyl halides is 3. The van der Waals surface area contributed by atoms with E-state index < -0.39 is 18.3 Å². The van der Waals surface area contributed by atoms with Crippen molar-refractivity contribution in [2.75, 3.05) is 13.1 Å². The number of nitrogens with one attached hydrogen (secondary N) is 1. The van der Waals surface area contributed by atoms with Crippen molar-refractivity contribution < 1.29 is 13.2 Å². The van der Waals surface area contributed by atoms with Crippen LogP contribution in [0.15, 0.2) is 0 Å². The highest BCUT2D eigenvalue weighted by Gasteiger charge is 2.34. The van der Waals surface area contributed by atoms with Crippen molar-refractivity contribution in [2.45, 2.75) is 82.3 Å². The summed E-state index contributed by atoms with van der Waals surface area (Å²) in [4.78, 5) is 0.